The molecule has 2 saturated heterocycles. The van der Waals surface area contributed by atoms with E-state index in [2.05, 4.69) is 5.32 Å². The predicted octanol–water partition coefficient (Wildman–Crippen LogP) is 0.984. The zero-order valence-corrected chi connectivity index (χ0v) is 18.1. The van der Waals surface area contributed by atoms with Gasteiger partial charge in [-0.1, -0.05) is 48.5 Å². The maximum atomic E-state index is 12.9. The number of hydrogen-bond donors (Lipinski definition) is 4. The van der Waals surface area contributed by atoms with Gasteiger partial charge < -0.3 is 30.3 Å². The van der Waals surface area contributed by atoms with E-state index in [0.717, 1.165) is 38.9 Å². The van der Waals surface area contributed by atoms with Crippen molar-refractivity contribution < 1.29 is 34.4 Å². The zero-order valence-electron chi connectivity index (χ0n) is 17.3. The van der Waals surface area contributed by atoms with Crippen LogP contribution in [0.5, 0.6) is 0 Å². The first-order valence-electron chi connectivity index (χ1n) is 10.5. The number of amides is 2. The first-order valence-corrected chi connectivity index (χ1v) is 11.6. The van der Waals surface area contributed by atoms with Crippen molar-refractivity contribution in [2.45, 2.75) is 35.6 Å². The lowest BCUT2D eigenvalue weighted by Gasteiger charge is -2.41. The second-order valence-electron chi connectivity index (χ2n) is 8.25. The minimum Gasteiger partial charge on any atom is -0.480 e. The van der Waals surface area contributed by atoms with Gasteiger partial charge in [-0.2, -0.15) is 0 Å². The van der Waals surface area contributed by atoms with Gasteiger partial charge in [0, 0.05) is 11.7 Å². The number of ether oxygens (including phenoxy) is 1. The number of nitrogens with one attached hydrogen (secondary N) is 1. The largest absolute Gasteiger partial charge is 0.480 e. The Labute approximate surface area is 193 Å². The fourth-order valence-electron chi connectivity index (χ4n) is 4.85. The average molecular weight is 471 g/mol. The van der Waals surface area contributed by atoms with Gasteiger partial charge in [-0.25, -0.2) is 9.59 Å². The number of carbonyl (C=O) groups is 3. The summed E-state index contributed by atoms with van der Waals surface area (Å²) in [4.78, 5) is 38.0. The molecule has 0 saturated carbocycles. The smallest absolute Gasteiger partial charge is 0.407 e. The Morgan fingerprint density at radius 1 is 1.03 bits per heavy atom. The molecule has 9 nitrogen and oxygen atoms in total. The summed E-state index contributed by atoms with van der Waals surface area (Å²) in [5.41, 5.74) is 4.19. The number of alkyl carbamates (subject to hydrolysis) is 1. The second-order valence-corrected chi connectivity index (χ2v) is 9.40. The van der Waals surface area contributed by atoms with Crippen LogP contribution in [0.2, 0.25) is 0 Å². The number of carboxylic acid groups (broad SMARTS) is 1. The van der Waals surface area contributed by atoms with Gasteiger partial charge >= 0.3 is 12.1 Å². The molecule has 4 N–H and O–H groups in total. The van der Waals surface area contributed by atoms with Crippen LogP contribution in [0.1, 0.15) is 17.0 Å². The summed E-state index contributed by atoms with van der Waals surface area (Å²) in [6.07, 6.45) is -3.92. The number of carbonyl (C=O) groups excluding carboxylic acids is 2. The molecule has 2 aromatic carbocycles. The molecule has 0 aromatic heterocycles. The first-order chi connectivity index (χ1) is 15.9. The van der Waals surface area contributed by atoms with E-state index in [0.29, 0.717) is 0 Å². The molecule has 2 heterocycles. The molecule has 5 atom stereocenters. The zero-order chi connectivity index (χ0) is 23.3. The molecule has 2 aromatic rings. The maximum Gasteiger partial charge on any atom is 0.407 e. The van der Waals surface area contributed by atoms with Crippen LogP contribution in [-0.2, 0) is 14.3 Å². The van der Waals surface area contributed by atoms with Crippen molar-refractivity contribution in [3.8, 4) is 11.1 Å². The molecule has 0 bridgehead atoms. The molecule has 2 aliphatic heterocycles. The lowest BCUT2D eigenvalue weighted by Crippen LogP contribution is -2.68. The summed E-state index contributed by atoms with van der Waals surface area (Å²) in [5.74, 6) is -2.06. The number of nitrogens with zero attached hydrogens (tertiary/aromatic N) is 1. The monoisotopic (exact) mass is 470 g/mol. The Morgan fingerprint density at radius 2 is 1.64 bits per heavy atom. The summed E-state index contributed by atoms with van der Waals surface area (Å²) in [6.45, 7) is 0.0133. The Kier molecular flexibility index (Phi) is 5.51. The Morgan fingerprint density at radius 3 is 2.24 bits per heavy atom. The number of benzene rings is 2. The summed E-state index contributed by atoms with van der Waals surface area (Å²) in [6, 6.07) is 13.1. The van der Waals surface area contributed by atoms with Crippen LogP contribution in [0, 0.1) is 0 Å². The van der Waals surface area contributed by atoms with Crippen LogP contribution in [0.25, 0.3) is 11.1 Å². The van der Waals surface area contributed by atoms with E-state index in [4.69, 9.17) is 4.74 Å². The molecule has 33 heavy (non-hydrogen) atoms. The predicted molar refractivity (Wildman–Crippen MR) is 119 cm³/mol. The topological polar surface area (TPSA) is 136 Å². The van der Waals surface area contributed by atoms with E-state index < -0.39 is 47.6 Å². The fourth-order valence-corrected chi connectivity index (χ4v) is 6.30. The molecule has 0 radical (unpaired) electrons. The highest BCUT2D eigenvalue weighted by Gasteiger charge is 2.55. The lowest BCUT2D eigenvalue weighted by atomic mass is 9.97. The second kappa shape index (κ2) is 8.36. The van der Waals surface area contributed by atoms with Crippen LogP contribution in [0.3, 0.4) is 0 Å². The Hall–Kier alpha value is -3.08. The van der Waals surface area contributed by atoms with Crippen LogP contribution in [0.15, 0.2) is 48.5 Å². The van der Waals surface area contributed by atoms with Crippen molar-refractivity contribution in [1.82, 2.24) is 10.2 Å². The normalized spacial score (nSPS) is 28.1. The third-order valence-corrected chi connectivity index (χ3v) is 7.80. The Bertz CT molecular complexity index is 1080. The van der Waals surface area contributed by atoms with Crippen molar-refractivity contribution in [2.75, 3.05) is 12.4 Å². The lowest BCUT2D eigenvalue weighted by molar-refractivity contribution is -0.161. The number of aliphatic hydroxyl groups excluding tert-OH is 2. The summed E-state index contributed by atoms with van der Waals surface area (Å²) in [7, 11) is 0. The van der Waals surface area contributed by atoms with Crippen LogP contribution >= 0.6 is 11.8 Å². The molecule has 1 aliphatic carbocycles. The molecule has 0 spiro atoms. The summed E-state index contributed by atoms with van der Waals surface area (Å²) < 4.78 is 5.42. The minimum absolute atomic E-state index is 0.0133. The van der Waals surface area contributed by atoms with Crippen molar-refractivity contribution in [2.24, 2.45) is 0 Å². The number of thioether (sulfide) groups is 1. The van der Waals surface area contributed by atoms with E-state index >= 15 is 0 Å². The van der Waals surface area contributed by atoms with Gasteiger partial charge in [0.05, 0.1) is 0 Å². The molecular formula is C23H22N2O7S. The van der Waals surface area contributed by atoms with Gasteiger partial charge in [0.15, 0.2) is 0 Å². The van der Waals surface area contributed by atoms with Crippen molar-refractivity contribution in [3.05, 3.63) is 59.7 Å². The average Bonchev–Trinajstić information content (AvgIpc) is 3.40. The van der Waals surface area contributed by atoms with Crippen LogP contribution in [-0.4, -0.2) is 80.2 Å². The van der Waals surface area contributed by atoms with Gasteiger partial charge in [-0.3, -0.25) is 4.79 Å². The van der Waals surface area contributed by atoms with Gasteiger partial charge in [0.2, 0.25) is 5.91 Å². The van der Waals surface area contributed by atoms with Crippen molar-refractivity contribution in [1.29, 1.82) is 0 Å². The van der Waals surface area contributed by atoms with Gasteiger partial charge in [-0.15, -0.1) is 11.8 Å². The van der Waals surface area contributed by atoms with Crippen molar-refractivity contribution in [3.63, 3.8) is 0 Å². The molecule has 172 valence electrons. The number of aliphatic carboxylic acids is 1. The number of hydrogen-bond acceptors (Lipinski definition) is 7. The number of piperidine rings is 1. The van der Waals surface area contributed by atoms with Gasteiger partial charge in [0.1, 0.15) is 36.3 Å². The molecular weight excluding hydrogens is 448 g/mol. The highest BCUT2D eigenvalue weighted by Crippen LogP contribution is 2.44. The van der Waals surface area contributed by atoms with E-state index in [9.17, 15) is 29.7 Å². The standard InChI is InChI=1S/C23H22N2O7S/c26-18-17(20(28)25-16(22(29)30)10-33-21(25)19(18)27)24-23(31)32-9-15-13-7-3-1-5-11(13)12-6-2-4-8-14(12)15/h1-8,15-19,21,26-27H,9-10H2,(H,24,31)(H,29,30)/t16-,17-,18-,19-,21-/m0/s1. The number of aliphatic hydroxyl groups is 2. The van der Waals surface area contributed by atoms with E-state index in [-0.39, 0.29) is 18.3 Å². The van der Waals surface area contributed by atoms with E-state index in [1.54, 1.807) is 0 Å². The SMILES string of the molecule is O=C(N[C@@H]1C(=O)N2[C@H](C(=O)O)CS[C@H]2[C@@H](O)[C@H]1O)OCC1c2ccccc2-c2ccccc21. The van der Waals surface area contributed by atoms with Crippen LogP contribution < -0.4 is 5.32 Å². The van der Waals surface area contributed by atoms with Crippen molar-refractivity contribution >= 4 is 29.7 Å². The number of carboxylic acids is 1. The molecule has 2 fully saturated rings. The molecule has 0 unspecified atom stereocenters. The Balaban J connectivity index is 1.30. The fraction of sp³-hybridized carbons (Fsp3) is 0.348. The minimum atomic E-state index is -1.58. The highest BCUT2D eigenvalue weighted by molar-refractivity contribution is 8.00. The molecule has 3 aliphatic rings. The van der Waals surface area contributed by atoms with Gasteiger partial charge in [0.25, 0.3) is 0 Å². The van der Waals surface area contributed by atoms with E-state index in [1.807, 2.05) is 48.5 Å². The molecule has 10 heteroatoms. The molecule has 5 rings (SSSR count). The van der Waals surface area contributed by atoms with E-state index in [1.165, 1.54) is 0 Å². The number of fused-ring (bicyclic) bond motifs is 4. The third kappa shape index (κ3) is 3.54. The summed E-state index contributed by atoms with van der Waals surface area (Å²) in [5, 5.41) is 31.7. The highest BCUT2D eigenvalue weighted by atomic mass is 32.2. The summed E-state index contributed by atoms with van der Waals surface area (Å²) >= 11 is 1.08. The maximum absolute atomic E-state index is 12.9. The first kappa shape index (κ1) is 21.7. The quantitative estimate of drug-likeness (QED) is 0.519. The van der Waals surface area contributed by atoms with Gasteiger partial charge in [-0.05, 0) is 22.3 Å². The third-order valence-electron chi connectivity index (χ3n) is 6.44. The van der Waals surface area contributed by atoms with Crippen LogP contribution in [0.4, 0.5) is 4.79 Å². The molecule has 2 amide bonds. The number of rotatable bonds is 4.